The van der Waals surface area contributed by atoms with Gasteiger partial charge in [0, 0.05) is 29.3 Å². The fraction of sp³-hybridized carbons (Fsp3) is 0.0526. The van der Waals surface area contributed by atoms with Gasteiger partial charge in [-0.05, 0) is 23.6 Å². The second kappa shape index (κ2) is 5.96. The molecular formula is C19H13N3O4. The van der Waals surface area contributed by atoms with Crippen LogP contribution >= 0.6 is 0 Å². The Morgan fingerprint density at radius 3 is 2.54 bits per heavy atom. The lowest BCUT2D eigenvalue weighted by Gasteiger charge is -2.04. The molecule has 0 aliphatic rings. The Morgan fingerprint density at radius 2 is 1.85 bits per heavy atom. The number of pyridine rings is 1. The molecule has 128 valence electrons. The minimum absolute atomic E-state index is 0.0254. The molecule has 0 fully saturated rings. The largest absolute Gasteiger partial charge is 0.465 e. The second-order valence-electron chi connectivity index (χ2n) is 5.72. The van der Waals surface area contributed by atoms with Crippen LogP contribution in [0.2, 0.25) is 0 Å². The molecule has 0 amide bonds. The number of benzene rings is 2. The number of carbonyl (C=O) groups excluding carboxylic acids is 1. The number of fused-ring (bicyclic) bond motifs is 3. The van der Waals surface area contributed by atoms with E-state index in [1.165, 1.54) is 19.2 Å². The first-order chi connectivity index (χ1) is 12.6. The number of hydrogen-bond acceptors (Lipinski definition) is 5. The molecule has 2 aromatic heterocycles. The van der Waals surface area contributed by atoms with Crippen LogP contribution < -0.4 is 0 Å². The Balaban J connectivity index is 2.04. The molecule has 0 bridgehead atoms. The molecule has 4 rings (SSSR count). The fourth-order valence-electron chi connectivity index (χ4n) is 3.05. The average molecular weight is 347 g/mol. The smallest absolute Gasteiger partial charge is 0.342 e. The van der Waals surface area contributed by atoms with Crippen molar-refractivity contribution in [2.75, 3.05) is 7.11 Å². The van der Waals surface area contributed by atoms with Crippen LogP contribution in [-0.4, -0.2) is 27.6 Å². The van der Waals surface area contributed by atoms with Gasteiger partial charge in [0.25, 0.3) is 5.69 Å². The molecule has 2 aromatic carbocycles. The fourth-order valence-corrected chi connectivity index (χ4v) is 3.05. The Hall–Kier alpha value is -3.74. The van der Waals surface area contributed by atoms with Crippen molar-refractivity contribution in [2.24, 2.45) is 0 Å². The molecule has 0 spiro atoms. The van der Waals surface area contributed by atoms with Crippen molar-refractivity contribution < 1.29 is 14.5 Å². The summed E-state index contributed by atoms with van der Waals surface area (Å²) >= 11 is 0. The number of methoxy groups -OCH3 is 1. The van der Waals surface area contributed by atoms with E-state index < -0.39 is 10.9 Å². The first-order valence-corrected chi connectivity index (χ1v) is 7.83. The lowest BCUT2D eigenvalue weighted by molar-refractivity contribution is -0.384. The van der Waals surface area contributed by atoms with Crippen LogP contribution in [0, 0.1) is 10.1 Å². The molecule has 0 saturated heterocycles. The summed E-state index contributed by atoms with van der Waals surface area (Å²) in [6, 6.07) is 15.5. The highest BCUT2D eigenvalue weighted by Crippen LogP contribution is 2.32. The van der Waals surface area contributed by atoms with Gasteiger partial charge in [-0.2, -0.15) is 5.10 Å². The van der Waals surface area contributed by atoms with Crippen molar-refractivity contribution in [3.8, 4) is 11.3 Å². The molecule has 4 aromatic rings. The summed E-state index contributed by atoms with van der Waals surface area (Å²) in [6.07, 6.45) is 1.78. The van der Waals surface area contributed by atoms with Gasteiger partial charge >= 0.3 is 5.97 Å². The Kier molecular flexibility index (Phi) is 3.62. The summed E-state index contributed by atoms with van der Waals surface area (Å²) in [5.74, 6) is -0.510. The summed E-state index contributed by atoms with van der Waals surface area (Å²) < 4.78 is 6.61. The highest BCUT2D eigenvalue weighted by Gasteiger charge is 2.23. The van der Waals surface area contributed by atoms with Crippen LogP contribution in [0.4, 0.5) is 5.69 Å². The normalized spacial score (nSPS) is 11.0. The summed E-state index contributed by atoms with van der Waals surface area (Å²) in [4.78, 5) is 22.9. The van der Waals surface area contributed by atoms with Gasteiger partial charge in [0.05, 0.1) is 17.5 Å². The standard InChI is InChI=1S/C19H13N3O4/c1-26-19(23)16-17(13-6-8-14(9-7-13)22(24)25)20-21-11-10-12-4-2-3-5-15(12)18(16)21/h2-11H,1H3. The zero-order chi connectivity index (χ0) is 18.3. The molecule has 26 heavy (non-hydrogen) atoms. The van der Waals surface area contributed by atoms with Crippen LogP contribution in [-0.2, 0) is 4.74 Å². The van der Waals surface area contributed by atoms with Crippen LogP contribution in [0.1, 0.15) is 10.4 Å². The van der Waals surface area contributed by atoms with Gasteiger partial charge in [-0.15, -0.1) is 0 Å². The number of esters is 1. The summed E-state index contributed by atoms with van der Waals surface area (Å²) in [6.45, 7) is 0. The number of ether oxygens (including phenoxy) is 1. The van der Waals surface area contributed by atoms with E-state index in [0.29, 0.717) is 22.3 Å². The topological polar surface area (TPSA) is 86.7 Å². The first kappa shape index (κ1) is 15.8. The maximum Gasteiger partial charge on any atom is 0.342 e. The van der Waals surface area contributed by atoms with Crippen LogP contribution in [0.5, 0.6) is 0 Å². The van der Waals surface area contributed by atoms with E-state index in [2.05, 4.69) is 5.10 Å². The summed E-state index contributed by atoms with van der Waals surface area (Å²) in [7, 11) is 1.32. The Morgan fingerprint density at radius 1 is 1.12 bits per heavy atom. The molecule has 7 heteroatoms. The molecule has 0 radical (unpaired) electrons. The van der Waals surface area contributed by atoms with E-state index in [-0.39, 0.29) is 5.69 Å². The van der Waals surface area contributed by atoms with Crippen molar-refractivity contribution in [1.82, 2.24) is 9.61 Å². The summed E-state index contributed by atoms with van der Waals surface area (Å²) in [5, 5.41) is 17.2. The predicted octanol–water partition coefficient (Wildman–Crippen LogP) is 3.85. The lowest BCUT2D eigenvalue weighted by atomic mass is 10.0. The molecule has 0 N–H and O–H groups in total. The molecule has 0 aliphatic heterocycles. The van der Waals surface area contributed by atoms with E-state index in [9.17, 15) is 14.9 Å². The van der Waals surface area contributed by atoms with Crippen LogP contribution in [0.15, 0.2) is 60.8 Å². The van der Waals surface area contributed by atoms with Gasteiger partial charge in [0.1, 0.15) is 11.3 Å². The zero-order valence-electron chi connectivity index (χ0n) is 13.7. The van der Waals surface area contributed by atoms with Gasteiger partial charge in [0.2, 0.25) is 0 Å². The third kappa shape index (κ3) is 2.37. The molecule has 0 saturated carbocycles. The minimum atomic E-state index is -0.510. The first-order valence-electron chi connectivity index (χ1n) is 7.83. The minimum Gasteiger partial charge on any atom is -0.465 e. The summed E-state index contributed by atoms with van der Waals surface area (Å²) in [5.41, 5.74) is 1.97. The van der Waals surface area contributed by atoms with Crippen molar-refractivity contribution >= 4 is 27.9 Å². The van der Waals surface area contributed by atoms with E-state index in [1.54, 1.807) is 22.8 Å². The van der Waals surface area contributed by atoms with Gasteiger partial charge < -0.3 is 4.74 Å². The molecule has 2 heterocycles. The van der Waals surface area contributed by atoms with Crippen molar-refractivity contribution in [3.63, 3.8) is 0 Å². The second-order valence-corrected chi connectivity index (χ2v) is 5.72. The van der Waals surface area contributed by atoms with Gasteiger partial charge in [-0.1, -0.05) is 24.3 Å². The number of hydrogen-bond donors (Lipinski definition) is 0. The number of rotatable bonds is 3. The van der Waals surface area contributed by atoms with E-state index >= 15 is 0 Å². The maximum absolute atomic E-state index is 12.5. The van der Waals surface area contributed by atoms with Gasteiger partial charge in [-0.3, -0.25) is 10.1 Å². The van der Waals surface area contributed by atoms with Gasteiger partial charge in [-0.25, -0.2) is 9.31 Å². The number of aromatic nitrogens is 2. The van der Waals surface area contributed by atoms with Crippen LogP contribution in [0.3, 0.4) is 0 Å². The number of carbonyl (C=O) groups is 1. The van der Waals surface area contributed by atoms with Crippen molar-refractivity contribution in [1.29, 1.82) is 0 Å². The van der Waals surface area contributed by atoms with Crippen LogP contribution in [0.25, 0.3) is 27.5 Å². The number of non-ortho nitro benzene ring substituents is 1. The number of nitro benzene ring substituents is 1. The van der Waals surface area contributed by atoms with E-state index in [1.807, 2.05) is 30.3 Å². The highest BCUT2D eigenvalue weighted by molar-refractivity contribution is 6.11. The third-order valence-electron chi connectivity index (χ3n) is 4.26. The Labute approximate surface area is 147 Å². The third-order valence-corrected chi connectivity index (χ3v) is 4.26. The van der Waals surface area contributed by atoms with Crippen molar-refractivity contribution in [2.45, 2.75) is 0 Å². The number of nitrogens with zero attached hydrogens (tertiary/aromatic N) is 3. The van der Waals surface area contributed by atoms with E-state index in [4.69, 9.17) is 4.74 Å². The highest BCUT2D eigenvalue weighted by atomic mass is 16.6. The average Bonchev–Trinajstić information content (AvgIpc) is 3.07. The molecular weight excluding hydrogens is 334 g/mol. The lowest BCUT2D eigenvalue weighted by Crippen LogP contribution is -2.03. The predicted molar refractivity (Wildman–Crippen MR) is 96.1 cm³/mol. The monoisotopic (exact) mass is 347 g/mol. The molecule has 7 nitrogen and oxygen atoms in total. The maximum atomic E-state index is 12.5. The SMILES string of the molecule is COC(=O)c1c(-c2ccc([N+](=O)[O-])cc2)nn2ccc3ccccc3c12. The quantitative estimate of drug-likeness (QED) is 0.319. The Bertz CT molecular complexity index is 1160. The molecule has 0 aliphatic carbocycles. The zero-order valence-corrected chi connectivity index (χ0v) is 13.7. The van der Waals surface area contributed by atoms with Gasteiger partial charge in [0.15, 0.2) is 0 Å². The molecule has 0 atom stereocenters. The van der Waals surface area contributed by atoms with Crippen molar-refractivity contribution in [3.05, 3.63) is 76.5 Å². The van der Waals surface area contributed by atoms with E-state index in [0.717, 1.165) is 10.8 Å². The number of nitro groups is 1. The molecule has 0 unspecified atom stereocenters.